The Morgan fingerprint density at radius 2 is 1.96 bits per heavy atom. The molecule has 0 atom stereocenters. The summed E-state index contributed by atoms with van der Waals surface area (Å²) in [5, 5.41) is 0. The van der Waals surface area contributed by atoms with E-state index >= 15 is 0 Å². The number of amides is 3. The zero-order valence-electron chi connectivity index (χ0n) is 14.2. The standard InChI is InChI=1S/C17H18N2O7/c1-18-8-15(21)19(17(18)23)6-2-3-16(22)24-9-12(20)11-4-5-13-14(7-11)26-10-25-13/h4-5,7H,2-3,6,8-10H2,1H3. The number of ether oxygens (including phenoxy) is 3. The molecule has 138 valence electrons. The minimum absolute atomic E-state index is 0.00912. The van der Waals surface area contributed by atoms with Crippen molar-refractivity contribution in [1.29, 1.82) is 0 Å². The van der Waals surface area contributed by atoms with Gasteiger partial charge in [-0.2, -0.15) is 0 Å². The molecule has 2 aliphatic heterocycles. The van der Waals surface area contributed by atoms with Crippen LogP contribution in [0.2, 0.25) is 0 Å². The van der Waals surface area contributed by atoms with Gasteiger partial charge in [0.15, 0.2) is 23.9 Å². The summed E-state index contributed by atoms with van der Waals surface area (Å²) in [6.45, 7) is -0.0803. The summed E-state index contributed by atoms with van der Waals surface area (Å²) in [5.74, 6) is -0.166. The van der Waals surface area contributed by atoms with E-state index in [1.807, 2.05) is 0 Å². The lowest BCUT2D eigenvalue weighted by molar-refractivity contribution is -0.142. The Morgan fingerprint density at radius 1 is 1.19 bits per heavy atom. The molecule has 0 aromatic heterocycles. The summed E-state index contributed by atoms with van der Waals surface area (Å²) in [7, 11) is 1.54. The summed E-state index contributed by atoms with van der Waals surface area (Å²) < 4.78 is 15.3. The van der Waals surface area contributed by atoms with Crippen LogP contribution in [0.25, 0.3) is 0 Å². The van der Waals surface area contributed by atoms with Gasteiger partial charge in [0.1, 0.15) is 6.54 Å². The van der Waals surface area contributed by atoms with Crippen molar-refractivity contribution in [1.82, 2.24) is 9.80 Å². The van der Waals surface area contributed by atoms with Gasteiger partial charge in [-0.3, -0.25) is 19.3 Å². The number of likely N-dealkylation sites (N-methyl/N-ethyl adjacent to an activating group) is 1. The van der Waals surface area contributed by atoms with E-state index in [-0.39, 0.29) is 57.1 Å². The summed E-state index contributed by atoms with van der Waals surface area (Å²) in [4.78, 5) is 49.5. The van der Waals surface area contributed by atoms with E-state index in [2.05, 4.69) is 0 Å². The number of urea groups is 1. The average molecular weight is 362 g/mol. The van der Waals surface area contributed by atoms with E-state index in [0.717, 1.165) is 4.90 Å². The molecule has 0 unspecified atom stereocenters. The molecule has 9 nitrogen and oxygen atoms in total. The molecular formula is C17H18N2O7. The summed E-state index contributed by atoms with van der Waals surface area (Å²) in [6, 6.07) is 4.37. The van der Waals surface area contributed by atoms with Crippen LogP contribution in [0.3, 0.4) is 0 Å². The monoisotopic (exact) mass is 362 g/mol. The fourth-order valence-corrected chi connectivity index (χ4v) is 2.64. The van der Waals surface area contributed by atoms with Crippen LogP contribution in [-0.4, -0.2) is 67.0 Å². The first-order valence-corrected chi connectivity index (χ1v) is 8.09. The first-order chi connectivity index (χ1) is 12.5. The zero-order chi connectivity index (χ0) is 18.7. The summed E-state index contributed by atoms with van der Waals surface area (Å²) in [6.07, 6.45) is 0.289. The molecule has 1 aromatic rings. The number of esters is 1. The van der Waals surface area contributed by atoms with Crippen molar-refractivity contribution in [3.05, 3.63) is 23.8 Å². The fourth-order valence-electron chi connectivity index (χ4n) is 2.64. The maximum atomic E-state index is 12.1. The van der Waals surface area contributed by atoms with E-state index in [1.54, 1.807) is 18.2 Å². The number of carbonyl (C=O) groups is 4. The smallest absolute Gasteiger partial charge is 0.326 e. The molecule has 3 rings (SSSR count). The Morgan fingerprint density at radius 3 is 2.69 bits per heavy atom. The second-order valence-corrected chi connectivity index (χ2v) is 5.94. The van der Waals surface area contributed by atoms with Crippen molar-refractivity contribution in [2.75, 3.05) is 33.5 Å². The van der Waals surface area contributed by atoms with Crippen LogP contribution in [0.5, 0.6) is 11.5 Å². The Labute approximate surface area is 149 Å². The normalized spacial score (nSPS) is 15.6. The number of rotatable bonds is 7. The molecule has 0 saturated carbocycles. The third-order valence-corrected chi connectivity index (χ3v) is 4.05. The predicted molar refractivity (Wildman–Crippen MR) is 86.8 cm³/mol. The Balaban J connectivity index is 1.41. The van der Waals surface area contributed by atoms with Crippen LogP contribution < -0.4 is 9.47 Å². The third-order valence-electron chi connectivity index (χ3n) is 4.05. The third kappa shape index (κ3) is 3.76. The molecule has 2 aliphatic rings. The molecule has 1 fully saturated rings. The van der Waals surface area contributed by atoms with Gasteiger partial charge in [0.2, 0.25) is 12.7 Å². The van der Waals surface area contributed by atoms with Crippen molar-refractivity contribution in [3.63, 3.8) is 0 Å². The maximum Gasteiger partial charge on any atom is 0.326 e. The summed E-state index contributed by atoms with van der Waals surface area (Å²) in [5.41, 5.74) is 0.360. The van der Waals surface area contributed by atoms with Gasteiger partial charge < -0.3 is 19.1 Å². The lowest BCUT2D eigenvalue weighted by Crippen LogP contribution is -2.32. The molecule has 1 aromatic carbocycles. The first kappa shape index (κ1) is 17.7. The van der Waals surface area contributed by atoms with E-state index < -0.39 is 5.97 Å². The second kappa shape index (κ2) is 7.42. The summed E-state index contributed by atoms with van der Waals surface area (Å²) >= 11 is 0. The molecule has 0 aliphatic carbocycles. The number of hydrogen-bond donors (Lipinski definition) is 0. The number of Topliss-reactive ketones (excluding diaryl/α,β-unsaturated/α-hetero) is 1. The number of benzene rings is 1. The Kier molecular flexibility index (Phi) is 5.06. The quantitative estimate of drug-likeness (QED) is 0.402. The van der Waals surface area contributed by atoms with Crippen LogP contribution in [0.1, 0.15) is 23.2 Å². The van der Waals surface area contributed by atoms with Gasteiger partial charge in [-0.05, 0) is 24.6 Å². The van der Waals surface area contributed by atoms with Gasteiger partial charge >= 0.3 is 12.0 Å². The van der Waals surface area contributed by atoms with Crippen LogP contribution in [-0.2, 0) is 14.3 Å². The van der Waals surface area contributed by atoms with Crippen LogP contribution in [0, 0.1) is 0 Å². The number of nitrogens with zero attached hydrogens (tertiary/aromatic N) is 2. The van der Waals surface area contributed by atoms with Crippen LogP contribution in [0.4, 0.5) is 4.79 Å². The van der Waals surface area contributed by atoms with Crippen molar-refractivity contribution in [2.45, 2.75) is 12.8 Å². The number of imide groups is 1. The molecular weight excluding hydrogens is 344 g/mol. The number of ketones is 1. The van der Waals surface area contributed by atoms with Gasteiger partial charge in [-0.15, -0.1) is 0 Å². The van der Waals surface area contributed by atoms with Crippen molar-refractivity contribution in [2.24, 2.45) is 0 Å². The lowest BCUT2D eigenvalue weighted by atomic mass is 10.1. The van der Waals surface area contributed by atoms with Gasteiger partial charge in [0.05, 0.1) is 0 Å². The molecule has 0 bridgehead atoms. The van der Waals surface area contributed by atoms with E-state index in [1.165, 1.54) is 11.9 Å². The lowest BCUT2D eigenvalue weighted by Gasteiger charge is -2.13. The largest absolute Gasteiger partial charge is 0.457 e. The number of fused-ring (bicyclic) bond motifs is 1. The Hall–Kier alpha value is -3.10. The van der Waals surface area contributed by atoms with Gasteiger partial charge in [-0.25, -0.2) is 4.79 Å². The Bertz CT molecular complexity index is 761. The molecule has 0 spiro atoms. The maximum absolute atomic E-state index is 12.1. The highest BCUT2D eigenvalue weighted by atomic mass is 16.7. The van der Waals surface area contributed by atoms with Crippen molar-refractivity contribution in [3.8, 4) is 11.5 Å². The topological polar surface area (TPSA) is 102 Å². The van der Waals surface area contributed by atoms with Gasteiger partial charge in [0, 0.05) is 25.6 Å². The van der Waals surface area contributed by atoms with Gasteiger partial charge in [-0.1, -0.05) is 0 Å². The SMILES string of the molecule is CN1CC(=O)N(CCCC(=O)OCC(=O)c2ccc3c(c2)OCO3)C1=O. The van der Waals surface area contributed by atoms with E-state index in [0.29, 0.717) is 17.1 Å². The fraction of sp³-hybridized carbons (Fsp3) is 0.412. The zero-order valence-corrected chi connectivity index (χ0v) is 14.2. The van der Waals surface area contributed by atoms with E-state index in [4.69, 9.17) is 14.2 Å². The first-order valence-electron chi connectivity index (χ1n) is 8.09. The minimum Gasteiger partial charge on any atom is -0.457 e. The highest BCUT2D eigenvalue weighted by Gasteiger charge is 2.32. The molecule has 9 heteroatoms. The van der Waals surface area contributed by atoms with Crippen molar-refractivity contribution >= 4 is 23.7 Å². The minimum atomic E-state index is -0.563. The van der Waals surface area contributed by atoms with Crippen molar-refractivity contribution < 1.29 is 33.4 Å². The molecule has 2 heterocycles. The van der Waals surface area contributed by atoms with E-state index in [9.17, 15) is 19.2 Å². The second-order valence-electron chi connectivity index (χ2n) is 5.94. The molecule has 1 saturated heterocycles. The molecule has 0 radical (unpaired) electrons. The number of carbonyl (C=O) groups excluding carboxylic acids is 4. The molecule has 0 N–H and O–H groups in total. The number of hydrogen-bond acceptors (Lipinski definition) is 7. The molecule has 3 amide bonds. The average Bonchev–Trinajstić information content (AvgIpc) is 3.18. The van der Waals surface area contributed by atoms with Crippen LogP contribution >= 0.6 is 0 Å². The highest BCUT2D eigenvalue weighted by Crippen LogP contribution is 2.32. The van der Waals surface area contributed by atoms with Gasteiger partial charge in [0.25, 0.3) is 0 Å². The van der Waals surface area contributed by atoms with Crippen LogP contribution in [0.15, 0.2) is 18.2 Å². The molecule has 26 heavy (non-hydrogen) atoms. The highest BCUT2D eigenvalue weighted by molar-refractivity contribution is 6.01. The predicted octanol–water partition coefficient (Wildman–Crippen LogP) is 0.815.